The van der Waals surface area contributed by atoms with E-state index in [1.165, 1.54) is 7.11 Å². The second-order valence-corrected chi connectivity index (χ2v) is 4.75. The van der Waals surface area contributed by atoms with Gasteiger partial charge in [0.25, 0.3) is 0 Å². The molecule has 1 unspecified atom stereocenters. The summed E-state index contributed by atoms with van der Waals surface area (Å²) in [6, 6.07) is 5.47. The van der Waals surface area contributed by atoms with Crippen molar-refractivity contribution in [2.24, 2.45) is 0 Å². The Morgan fingerprint density at radius 1 is 1.29 bits per heavy atom. The van der Waals surface area contributed by atoms with Crippen molar-refractivity contribution < 1.29 is 19.0 Å². The first kappa shape index (κ1) is 17.3. The Morgan fingerprint density at radius 3 is 2.57 bits per heavy atom. The van der Waals surface area contributed by atoms with Crippen LogP contribution in [0.15, 0.2) is 18.2 Å². The Labute approximate surface area is 125 Å². The summed E-state index contributed by atoms with van der Waals surface area (Å²) in [5.41, 5.74) is 7.48. The zero-order valence-electron chi connectivity index (χ0n) is 13.1. The van der Waals surface area contributed by atoms with Crippen molar-refractivity contribution >= 4 is 17.3 Å². The van der Waals surface area contributed by atoms with Gasteiger partial charge in [0, 0.05) is 38.2 Å². The lowest BCUT2D eigenvalue weighted by Crippen LogP contribution is -2.38. The summed E-state index contributed by atoms with van der Waals surface area (Å²) in [7, 11) is 4.65. The molecule has 0 saturated heterocycles. The van der Waals surface area contributed by atoms with E-state index in [1.54, 1.807) is 26.4 Å². The summed E-state index contributed by atoms with van der Waals surface area (Å²) >= 11 is 0. The van der Waals surface area contributed by atoms with Gasteiger partial charge in [0.05, 0.1) is 25.9 Å². The Bertz CT molecular complexity index is 465. The van der Waals surface area contributed by atoms with Crippen molar-refractivity contribution in [1.82, 2.24) is 0 Å². The highest BCUT2D eigenvalue weighted by Crippen LogP contribution is 2.23. The Morgan fingerprint density at radius 2 is 2.00 bits per heavy atom. The fourth-order valence-electron chi connectivity index (χ4n) is 2.13. The molecule has 0 heterocycles. The van der Waals surface area contributed by atoms with Gasteiger partial charge in [0.15, 0.2) is 0 Å². The van der Waals surface area contributed by atoms with E-state index in [4.69, 9.17) is 19.9 Å². The topological polar surface area (TPSA) is 74.0 Å². The number of carbonyl (C=O) groups excluding carboxylic acids is 1. The quantitative estimate of drug-likeness (QED) is 0.579. The van der Waals surface area contributed by atoms with Crippen LogP contribution in [-0.4, -0.2) is 53.1 Å². The maximum absolute atomic E-state index is 11.7. The van der Waals surface area contributed by atoms with E-state index in [0.29, 0.717) is 31.0 Å². The molecule has 1 aromatic rings. The van der Waals surface area contributed by atoms with Crippen LogP contribution in [0, 0.1) is 0 Å². The van der Waals surface area contributed by atoms with Gasteiger partial charge in [0.2, 0.25) is 0 Å². The number of benzene rings is 1. The van der Waals surface area contributed by atoms with Crippen LogP contribution in [-0.2, 0) is 14.2 Å². The number of esters is 1. The number of anilines is 2. The lowest BCUT2D eigenvalue weighted by molar-refractivity contribution is 0.0602. The molecule has 0 amide bonds. The number of rotatable bonds is 8. The van der Waals surface area contributed by atoms with Crippen LogP contribution in [0.1, 0.15) is 17.3 Å². The lowest BCUT2D eigenvalue weighted by Gasteiger charge is -2.31. The van der Waals surface area contributed by atoms with Crippen LogP contribution in [0.3, 0.4) is 0 Å². The maximum atomic E-state index is 11.7. The number of methoxy groups -OCH3 is 3. The van der Waals surface area contributed by atoms with E-state index in [9.17, 15) is 4.79 Å². The van der Waals surface area contributed by atoms with Crippen molar-refractivity contribution in [3.05, 3.63) is 23.8 Å². The summed E-state index contributed by atoms with van der Waals surface area (Å²) in [6.45, 7) is 3.88. The SMILES string of the molecule is COCCN(c1ccc(N)c(C(=O)OC)c1)C(C)COC. The van der Waals surface area contributed by atoms with Crippen LogP contribution in [0.2, 0.25) is 0 Å². The predicted octanol–water partition coefficient (Wildman–Crippen LogP) is 1.54. The Kier molecular flexibility index (Phi) is 6.98. The van der Waals surface area contributed by atoms with Crippen LogP contribution >= 0.6 is 0 Å². The standard InChI is InChI=1S/C15H24N2O4/c1-11(10-20-3)17(7-8-19-2)12-5-6-14(16)13(9-12)15(18)21-4/h5-6,9,11H,7-8,10,16H2,1-4H3. The summed E-state index contributed by atoms with van der Waals surface area (Å²) < 4.78 is 15.1. The number of nitrogens with zero attached hydrogens (tertiary/aromatic N) is 1. The third-order valence-corrected chi connectivity index (χ3v) is 3.25. The summed E-state index contributed by atoms with van der Waals surface area (Å²) in [5.74, 6) is -0.444. The second kappa shape index (κ2) is 8.49. The number of hydrogen-bond acceptors (Lipinski definition) is 6. The van der Waals surface area contributed by atoms with Crippen molar-refractivity contribution in [3.63, 3.8) is 0 Å². The first-order valence-electron chi connectivity index (χ1n) is 6.77. The van der Waals surface area contributed by atoms with Gasteiger partial charge in [-0.3, -0.25) is 0 Å². The molecule has 0 spiro atoms. The van der Waals surface area contributed by atoms with Crippen LogP contribution in [0.5, 0.6) is 0 Å². The van der Waals surface area contributed by atoms with E-state index >= 15 is 0 Å². The fourth-order valence-corrected chi connectivity index (χ4v) is 2.13. The number of ether oxygens (including phenoxy) is 3. The molecule has 1 atom stereocenters. The molecule has 0 aliphatic heterocycles. The highest BCUT2D eigenvalue weighted by atomic mass is 16.5. The van der Waals surface area contributed by atoms with Gasteiger partial charge in [-0.15, -0.1) is 0 Å². The van der Waals surface area contributed by atoms with Crippen molar-refractivity contribution in [2.75, 3.05) is 51.7 Å². The molecule has 0 saturated carbocycles. The zero-order chi connectivity index (χ0) is 15.8. The van der Waals surface area contributed by atoms with Crippen molar-refractivity contribution in [2.45, 2.75) is 13.0 Å². The first-order valence-corrected chi connectivity index (χ1v) is 6.77. The van der Waals surface area contributed by atoms with Crippen molar-refractivity contribution in [3.8, 4) is 0 Å². The third kappa shape index (κ3) is 4.61. The predicted molar refractivity (Wildman–Crippen MR) is 82.8 cm³/mol. The minimum absolute atomic E-state index is 0.138. The summed E-state index contributed by atoms with van der Waals surface area (Å²) in [4.78, 5) is 13.9. The van der Waals surface area contributed by atoms with Crippen molar-refractivity contribution in [1.29, 1.82) is 0 Å². The van der Waals surface area contributed by atoms with Gasteiger partial charge >= 0.3 is 5.97 Å². The Balaban J connectivity index is 3.08. The minimum atomic E-state index is -0.444. The van der Waals surface area contributed by atoms with E-state index < -0.39 is 5.97 Å². The molecule has 0 fully saturated rings. The Hall–Kier alpha value is -1.79. The zero-order valence-corrected chi connectivity index (χ0v) is 13.1. The average molecular weight is 296 g/mol. The van der Waals surface area contributed by atoms with Crippen LogP contribution in [0.4, 0.5) is 11.4 Å². The molecule has 0 aliphatic rings. The van der Waals surface area contributed by atoms with E-state index in [2.05, 4.69) is 4.90 Å². The number of carbonyl (C=O) groups is 1. The minimum Gasteiger partial charge on any atom is -0.465 e. The number of nitrogens with two attached hydrogens (primary N) is 1. The molecule has 0 bridgehead atoms. The molecular formula is C15H24N2O4. The highest BCUT2D eigenvalue weighted by molar-refractivity contribution is 5.96. The molecule has 21 heavy (non-hydrogen) atoms. The lowest BCUT2D eigenvalue weighted by atomic mass is 10.1. The largest absolute Gasteiger partial charge is 0.465 e. The molecule has 0 aliphatic carbocycles. The summed E-state index contributed by atoms with van der Waals surface area (Å²) in [6.07, 6.45) is 0. The van der Waals surface area contributed by atoms with E-state index in [-0.39, 0.29) is 6.04 Å². The van der Waals surface area contributed by atoms with Gasteiger partial charge in [-0.25, -0.2) is 4.79 Å². The molecule has 1 rings (SSSR count). The smallest absolute Gasteiger partial charge is 0.340 e. The molecule has 1 aromatic carbocycles. The van der Waals surface area contributed by atoms with Gasteiger partial charge in [-0.2, -0.15) is 0 Å². The molecule has 0 radical (unpaired) electrons. The van der Waals surface area contributed by atoms with Gasteiger partial charge in [-0.05, 0) is 25.1 Å². The van der Waals surface area contributed by atoms with Crippen LogP contribution in [0.25, 0.3) is 0 Å². The third-order valence-electron chi connectivity index (χ3n) is 3.25. The maximum Gasteiger partial charge on any atom is 0.340 e. The van der Waals surface area contributed by atoms with Gasteiger partial charge in [-0.1, -0.05) is 0 Å². The molecule has 0 aromatic heterocycles. The number of nitrogen functional groups attached to an aromatic ring is 1. The first-order chi connectivity index (χ1) is 10.0. The molecule has 6 heteroatoms. The number of hydrogen-bond donors (Lipinski definition) is 1. The summed E-state index contributed by atoms with van der Waals surface area (Å²) in [5, 5.41) is 0. The molecule has 6 nitrogen and oxygen atoms in total. The highest BCUT2D eigenvalue weighted by Gasteiger charge is 2.18. The molecule has 118 valence electrons. The average Bonchev–Trinajstić information content (AvgIpc) is 2.48. The molecular weight excluding hydrogens is 272 g/mol. The van der Waals surface area contributed by atoms with Gasteiger partial charge < -0.3 is 24.8 Å². The van der Waals surface area contributed by atoms with Crippen LogP contribution < -0.4 is 10.6 Å². The normalized spacial score (nSPS) is 12.0. The van der Waals surface area contributed by atoms with E-state index in [0.717, 1.165) is 5.69 Å². The fraction of sp³-hybridized carbons (Fsp3) is 0.533. The second-order valence-electron chi connectivity index (χ2n) is 4.75. The van der Waals surface area contributed by atoms with E-state index in [1.807, 2.05) is 13.0 Å². The molecule has 2 N–H and O–H groups in total. The van der Waals surface area contributed by atoms with Gasteiger partial charge in [0.1, 0.15) is 0 Å². The monoisotopic (exact) mass is 296 g/mol.